The molecule has 1 heterocycles. The lowest BCUT2D eigenvalue weighted by atomic mass is 9.90. The largest absolute Gasteiger partial charge is 0.497 e. The predicted molar refractivity (Wildman–Crippen MR) is 106 cm³/mol. The van der Waals surface area contributed by atoms with Gasteiger partial charge in [-0.3, -0.25) is 0 Å². The fourth-order valence-corrected chi connectivity index (χ4v) is 3.52. The van der Waals surface area contributed by atoms with Crippen molar-refractivity contribution in [2.75, 3.05) is 12.8 Å². The van der Waals surface area contributed by atoms with Crippen molar-refractivity contribution in [1.29, 1.82) is 5.26 Å². The third kappa shape index (κ3) is 3.08. The fourth-order valence-electron chi connectivity index (χ4n) is 2.94. The summed E-state index contributed by atoms with van der Waals surface area (Å²) >= 11 is 12.9. The number of anilines is 1. The number of pyridine rings is 1. The third-order valence-corrected chi connectivity index (χ3v) is 4.74. The lowest BCUT2D eigenvalue weighted by molar-refractivity contribution is 0.415. The summed E-state index contributed by atoms with van der Waals surface area (Å²) < 4.78 is 5.22. The molecule has 0 aliphatic rings. The normalized spacial score (nSPS) is 10.4. The zero-order valence-corrected chi connectivity index (χ0v) is 15.7. The Balaban J connectivity index is 2.43. The molecular formula is C20H15Cl2N3O. The minimum Gasteiger partial charge on any atom is -0.497 e. The Morgan fingerprint density at radius 2 is 1.62 bits per heavy atom. The molecule has 0 atom stereocenters. The van der Waals surface area contributed by atoms with Crippen LogP contribution in [0.1, 0.15) is 11.3 Å². The van der Waals surface area contributed by atoms with Gasteiger partial charge in [0.2, 0.25) is 0 Å². The van der Waals surface area contributed by atoms with Gasteiger partial charge in [-0.15, -0.1) is 0 Å². The number of nitrogens with zero attached hydrogens (tertiary/aromatic N) is 2. The predicted octanol–water partition coefficient (Wildman–Crippen LogP) is 5.49. The number of halogens is 2. The molecule has 2 N–H and O–H groups in total. The van der Waals surface area contributed by atoms with Crippen LogP contribution in [0.2, 0.25) is 10.0 Å². The van der Waals surface area contributed by atoms with Gasteiger partial charge in [0.25, 0.3) is 0 Å². The van der Waals surface area contributed by atoms with Crippen LogP contribution in [-0.4, -0.2) is 12.1 Å². The Bertz CT molecular complexity index is 1000. The standard InChI is InChI=1S/C20H15Cl2N3O/c1-11-17(12-6-8-13(26-2)9-7-12)18(14(10-23)20(24)25-11)19-15(21)4-3-5-16(19)22/h3-9H,1-2H3,(H2,24,25). The van der Waals surface area contributed by atoms with E-state index < -0.39 is 0 Å². The molecule has 0 amide bonds. The molecule has 130 valence electrons. The lowest BCUT2D eigenvalue weighted by Gasteiger charge is -2.18. The zero-order chi connectivity index (χ0) is 18.8. The van der Waals surface area contributed by atoms with Crippen molar-refractivity contribution in [3.8, 4) is 34.1 Å². The molecule has 3 aromatic rings. The van der Waals surface area contributed by atoms with Crippen molar-refractivity contribution in [3.05, 3.63) is 63.8 Å². The van der Waals surface area contributed by atoms with Gasteiger partial charge in [-0.05, 0) is 36.8 Å². The van der Waals surface area contributed by atoms with Gasteiger partial charge in [-0.25, -0.2) is 4.98 Å². The number of aryl methyl sites for hydroxylation is 1. The highest BCUT2D eigenvalue weighted by atomic mass is 35.5. The molecular weight excluding hydrogens is 369 g/mol. The second-order valence-corrected chi connectivity index (χ2v) is 6.46. The number of benzene rings is 2. The first-order valence-corrected chi connectivity index (χ1v) is 8.52. The van der Waals surface area contributed by atoms with Crippen LogP contribution in [0.25, 0.3) is 22.3 Å². The van der Waals surface area contributed by atoms with E-state index in [4.69, 9.17) is 33.7 Å². The Morgan fingerprint density at radius 3 is 2.15 bits per heavy atom. The maximum absolute atomic E-state index is 9.71. The maximum atomic E-state index is 9.71. The molecule has 0 aliphatic heterocycles. The summed E-state index contributed by atoms with van der Waals surface area (Å²) in [6, 6.07) is 14.8. The van der Waals surface area contributed by atoms with E-state index in [1.807, 2.05) is 31.2 Å². The number of methoxy groups -OCH3 is 1. The number of nitriles is 1. The quantitative estimate of drug-likeness (QED) is 0.648. The van der Waals surface area contributed by atoms with E-state index >= 15 is 0 Å². The van der Waals surface area contributed by atoms with Crippen LogP contribution >= 0.6 is 23.2 Å². The van der Waals surface area contributed by atoms with Crippen molar-refractivity contribution in [1.82, 2.24) is 4.98 Å². The molecule has 3 rings (SSSR count). The molecule has 0 radical (unpaired) electrons. The molecule has 0 fully saturated rings. The molecule has 0 unspecified atom stereocenters. The number of hydrogen-bond donors (Lipinski definition) is 1. The van der Waals surface area contributed by atoms with Crippen molar-refractivity contribution in [3.63, 3.8) is 0 Å². The molecule has 26 heavy (non-hydrogen) atoms. The Morgan fingerprint density at radius 1 is 1.00 bits per heavy atom. The maximum Gasteiger partial charge on any atom is 0.142 e. The number of hydrogen-bond acceptors (Lipinski definition) is 4. The van der Waals surface area contributed by atoms with E-state index in [0.717, 1.165) is 16.9 Å². The van der Waals surface area contributed by atoms with Gasteiger partial charge in [-0.1, -0.05) is 41.4 Å². The van der Waals surface area contributed by atoms with Crippen LogP contribution in [0, 0.1) is 18.3 Å². The third-order valence-electron chi connectivity index (χ3n) is 4.11. The fraction of sp³-hybridized carbons (Fsp3) is 0.100. The average Bonchev–Trinajstić information content (AvgIpc) is 2.62. The summed E-state index contributed by atoms with van der Waals surface area (Å²) in [6.45, 7) is 1.84. The van der Waals surface area contributed by atoms with Gasteiger partial charge in [-0.2, -0.15) is 5.26 Å². The van der Waals surface area contributed by atoms with Gasteiger partial charge in [0.05, 0.1) is 7.11 Å². The highest BCUT2D eigenvalue weighted by Crippen LogP contribution is 2.44. The summed E-state index contributed by atoms with van der Waals surface area (Å²) in [6.07, 6.45) is 0. The molecule has 0 bridgehead atoms. The number of aromatic nitrogens is 1. The molecule has 1 aromatic heterocycles. The van der Waals surface area contributed by atoms with Crippen LogP contribution in [0.3, 0.4) is 0 Å². The summed E-state index contributed by atoms with van der Waals surface area (Å²) in [4.78, 5) is 4.35. The SMILES string of the molecule is COc1ccc(-c2c(C)nc(N)c(C#N)c2-c2c(Cl)cccc2Cl)cc1. The second-order valence-electron chi connectivity index (χ2n) is 5.64. The van der Waals surface area contributed by atoms with E-state index in [1.165, 1.54) is 0 Å². The summed E-state index contributed by atoms with van der Waals surface area (Å²) in [5.41, 5.74) is 9.71. The number of nitrogen functional groups attached to an aromatic ring is 1. The van der Waals surface area contributed by atoms with Crippen molar-refractivity contribution in [2.24, 2.45) is 0 Å². The van der Waals surface area contributed by atoms with Crippen LogP contribution in [0.4, 0.5) is 5.82 Å². The smallest absolute Gasteiger partial charge is 0.142 e. The Hall–Kier alpha value is -2.74. The first-order valence-electron chi connectivity index (χ1n) is 7.77. The van der Waals surface area contributed by atoms with Crippen molar-refractivity contribution >= 4 is 29.0 Å². The molecule has 0 spiro atoms. The summed E-state index contributed by atoms with van der Waals surface area (Å²) in [5.74, 6) is 0.876. The van der Waals surface area contributed by atoms with Gasteiger partial charge in [0.15, 0.2) is 0 Å². The Kier molecular flexibility index (Phi) is 5.03. The molecule has 0 saturated carbocycles. The highest BCUT2D eigenvalue weighted by Gasteiger charge is 2.23. The molecule has 0 saturated heterocycles. The van der Waals surface area contributed by atoms with Crippen LogP contribution in [0.15, 0.2) is 42.5 Å². The van der Waals surface area contributed by atoms with Crippen LogP contribution in [0.5, 0.6) is 5.75 Å². The van der Waals surface area contributed by atoms with Crippen molar-refractivity contribution < 1.29 is 4.74 Å². The summed E-state index contributed by atoms with van der Waals surface area (Å²) in [5, 5.41) is 10.6. The molecule has 2 aromatic carbocycles. The van der Waals surface area contributed by atoms with E-state index in [-0.39, 0.29) is 11.4 Å². The highest BCUT2D eigenvalue weighted by molar-refractivity contribution is 6.39. The first-order chi connectivity index (χ1) is 12.5. The topological polar surface area (TPSA) is 71.9 Å². The first kappa shape index (κ1) is 18.1. The van der Waals surface area contributed by atoms with E-state index in [2.05, 4.69) is 11.1 Å². The minimum absolute atomic E-state index is 0.147. The minimum atomic E-state index is 0.147. The van der Waals surface area contributed by atoms with E-state index in [0.29, 0.717) is 26.9 Å². The van der Waals surface area contributed by atoms with Crippen LogP contribution in [-0.2, 0) is 0 Å². The van der Waals surface area contributed by atoms with Gasteiger partial charge in [0.1, 0.15) is 23.2 Å². The summed E-state index contributed by atoms with van der Waals surface area (Å²) in [7, 11) is 1.60. The van der Waals surface area contributed by atoms with E-state index in [1.54, 1.807) is 25.3 Å². The second kappa shape index (κ2) is 7.25. The lowest BCUT2D eigenvalue weighted by Crippen LogP contribution is -2.04. The van der Waals surface area contributed by atoms with Gasteiger partial charge >= 0.3 is 0 Å². The number of rotatable bonds is 3. The van der Waals surface area contributed by atoms with E-state index in [9.17, 15) is 5.26 Å². The van der Waals surface area contributed by atoms with Crippen molar-refractivity contribution in [2.45, 2.75) is 6.92 Å². The van der Waals surface area contributed by atoms with Crippen LogP contribution < -0.4 is 10.5 Å². The molecule has 4 nitrogen and oxygen atoms in total. The molecule has 0 aliphatic carbocycles. The monoisotopic (exact) mass is 383 g/mol. The Labute approximate surface area is 161 Å². The van der Waals surface area contributed by atoms with Gasteiger partial charge < -0.3 is 10.5 Å². The number of ether oxygens (including phenoxy) is 1. The van der Waals surface area contributed by atoms with Gasteiger partial charge in [0, 0.05) is 32.4 Å². The average molecular weight is 384 g/mol. The number of nitrogens with two attached hydrogens (primary N) is 1. The zero-order valence-electron chi connectivity index (χ0n) is 14.2. The molecule has 6 heteroatoms.